The van der Waals surface area contributed by atoms with Crippen molar-refractivity contribution in [2.45, 2.75) is 13.5 Å². The number of aryl methyl sites for hydroxylation is 1. The van der Waals surface area contributed by atoms with E-state index < -0.39 is 0 Å². The van der Waals surface area contributed by atoms with Crippen LogP contribution in [0.15, 0.2) is 30.5 Å². The molecule has 98 valence electrons. The van der Waals surface area contributed by atoms with Gasteiger partial charge in [-0.15, -0.1) is 0 Å². The van der Waals surface area contributed by atoms with Gasteiger partial charge in [0.1, 0.15) is 12.4 Å². The third-order valence-corrected chi connectivity index (χ3v) is 2.84. The zero-order valence-electron chi connectivity index (χ0n) is 11.1. The van der Waals surface area contributed by atoms with Crippen molar-refractivity contribution in [3.63, 3.8) is 0 Å². The van der Waals surface area contributed by atoms with E-state index in [0.717, 1.165) is 22.6 Å². The van der Waals surface area contributed by atoms with Gasteiger partial charge in [0.15, 0.2) is 0 Å². The standard InChI is InChI=1S/C15H16N2O2/c1-12-7-8-16-17(12)11-14-10-13(4-3-9-18)5-6-15(14)19-2/h5-8,10,18H,9,11H2,1-2H3. The van der Waals surface area contributed by atoms with Gasteiger partial charge in [-0.2, -0.15) is 5.10 Å². The largest absolute Gasteiger partial charge is 0.496 e. The van der Waals surface area contributed by atoms with Gasteiger partial charge in [-0.1, -0.05) is 11.8 Å². The van der Waals surface area contributed by atoms with E-state index in [2.05, 4.69) is 16.9 Å². The van der Waals surface area contributed by atoms with Crippen LogP contribution in [0.1, 0.15) is 16.8 Å². The fraction of sp³-hybridized carbons (Fsp3) is 0.267. The molecule has 0 fully saturated rings. The second-order valence-electron chi connectivity index (χ2n) is 4.12. The van der Waals surface area contributed by atoms with Crippen LogP contribution in [0, 0.1) is 18.8 Å². The molecule has 0 radical (unpaired) electrons. The molecule has 0 aliphatic carbocycles. The highest BCUT2D eigenvalue weighted by Crippen LogP contribution is 2.21. The summed E-state index contributed by atoms with van der Waals surface area (Å²) in [5, 5.41) is 13.0. The first-order valence-corrected chi connectivity index (χ1v) is 5.99. The smallest absolute Gasteiger partial charge is 0.124 e. The molecular weight excluding hydrogens is 240 g/mol. The lowest BCUT2D eigenvalue weighted by atomic mass is 10.1. The number of methoxy groups -OCH3 is 1. The molecule has 0 atom stereocenters. The van der Waals surface area contributed by atoms with Gasteiger partial charge in [0.2, 0.25) is 0 Å². The summed E-state index contributed by atoms with van der Waals surface area (Å²) in [5.41, 5.74) is 2.96. The van der Waals surface area contributed by atoms with E-state index in [9.17, 15) is 0 Å². The molecule has 4 heteroatoms. The Morgan fingerprint density at radius 3 is 2.84 bits per heavy atom. The van der Waals surface area contributed by atoms with Crippen LogP contribution in [0.5, 0.6) is 5.75 Å². The SMILES string of the molecule is COc1ccc(C#CCO)cc1Cn1nccc1C. The van der Waals surface area contributed by atoms with Gasteiger partial charge < -0.3 is 9.84 Å². The van der Waals surface area contributed by atoms with Crippen molar-refractivity contribution in [3.8, 4) is 17.6 Å². The maximum atomic E-state index is 8.73. The Balaban J connectivity index is 2.33. The molecule has 1 aromatic heterocycles. The Labute approximate surface area is 112 Å². The van der Waals surface area contributed by atoms with Crippen LogP contribution in [0.3, 0.4) is 0 Å². The van der Waals surface area contributed by atoms with E-state index in [1.165, 1.54) is 0 Å². The molecule has 0 spiro atoms. The molecule has 1 N–H and O–H groups in total. The van der Waals surface area contributed by atoms with Crippen molar-refractivity contribution >= 4 is 0 Å². The van der Waals surface area contributed by atoms with Gasteiger partial charge in [-0.25, -0.2) is 0 Å². The van der Waals surface area contributed by atoms with E-state index in [0.29, 0.717) is 6.54 Å². The first kappa shape index (κ1) is 13.2. The molecule has 0 saturated heterocycles. The lowest BCUT2D eigenvalue weighted by molar-refractivity contribution is 0.350. The molecule has 1 heterocycles. The number of benzene rings is 1. The average Bonchev–Trinajstić information content (AvgIpc) is 2.82. The zero-order valence-corrected chi connectivity index (χ0v) is 11.1. The van der Waals surface area contributed by atoms with Gasteiger partial charge in [0.05, 0.1) is 13.7 Å². The van der Waals surface area contributed by atoms with Crippen LogP contribution in [0.4, 0.5) is 0 Å². The number of rotatable bonds is 3. The average molecular weight is 256 g/mol. The Hall–Kier alpha value is -2.25. The third kappa shape index (κ3) is 3.15. The summed E-state index contributed by atoms with van der Waals surface area (Å²) >= 11 is 0. The highest BCUT2D eigenvalue weighted by molar-refractivity contribution is 5.44. The highest BCUT2D eigenvalue weighted by Gasteiger charge is 2.06. The number of aliphatic hydroxyl groups excluding tert-OH is 1. The number of ether oxygens (including phenoxy) is 1. The van der Waals surface area contributed by atoms with Crippen LogP contribution >= 0.6 is 0 Å². The molecule has 2 aromatic rings. The van der Waals surface area contributed by atoms with Crippen LogP contribution in [0.2, 0.25) is 0 Å². The number of hydrogen-bond acceptors (Lipinski definition) is 3. The summed E-state index contributed by atoms with van der Waals surface area (Å²) < 4.78 is 7.26. The Morgan fingerprint density at radius 2 is 2.21 bits per heavy atom. The number of aromatic nitrogens is 2. The molecule has 0 aliphatic rings. The molecule has 0 amide bonds. The number of aliphatic hydroxyl groups is 1. The lowest BCUT2D eigenvalue weighted by Crippen LogP contribution is -2.05. The van der Waals surface area contributed by atoms with Crippen LogP contribution in [-0.4, -0.2) is 28.6 Å². The molecule has 0 bridgehead atoms. The molecule has 0 aliphatic heterocycles. The second-order valence-corrected chi connectivity index (χ2v) is 4.12. The Morgan fingerprint density at radius 1 is 1.37 bits per heavy atom. The fourth-order valence-electron chi connectivity index (χ4n) is 1.85. The first-order valence-electron chi connectivity index (χ1n) is 5.99. The van der Waals surface area contributed by atoms with Crippen molar-refractivity contribution < 1.29 is 9.84 Å². The highest BCUT2D eigenvalue weighted by atomic mass is 16.5. The maximum absolute atomic E-state index is 8.73. The topological polar surface area (TPSA) is 47.3 Å². The van der Waals surface area contributed by atoms with E-state index >= 15 is 0 Å². The summed E-state index contributed by atoms with van der Waals surface area (Å²) in [5.74, 6) is 6.35. The van der Waals surface area contributed by atoms with Gasteiger partial charge in [0.25, 0.3) is 0 Å². The van der Waals surface area contributed by atoms with Crippen molar-refractivity contribution in [2.75, 3.05) is 13.7 Å². The summed E-state index contributed by atoms with van der Waals surface area (Å²) in [6, 6.07) is 7.68. The molecule has 19 heavy (non-hydrogen) atoms. The van der Waals surface area contributed by atoms with Crippen molar-refractivity contribution in [1.29, 1.82) is 0 Å². The normalized spacial score (nSPS) is 9.84. The fourth-order valence-corrected chi connectivity index (χ4v) is 1.85. The molecular formula is C15H16N2O2. The van der Waals surface area contributed by atoms with Crippen LogP contribution < -0.4 is 4.74 Å². The Kier molecular flexibility index (Phi) is 4.22. The molecule has 0 unspecified atom stereocenters. The molecule has 4 nitrogen and oxygen atoms in total. The first-order chi connectivity index (χ1) is 9.24. The quantitative estimate of drug-likeness (QED) is 0.848. The predicted molar refractivity (Wildman–Crippen MR) is 73.0 cm³/mol. The van der Waals surface area contributed by atoms with Crippen molar-refractivity contribution in [2.24, 2.45) is 0 Å². The van der Waals surface area contributed by atoms with E-state index in [1.54, 1.807) is 13.3 Å². The van der Waals surface area contributed by atoms with E-state index in [-0.39, 0.29) is 6.61 Å². The Bertz CT molecular complexity index is 621. The number of nitrogens with zero attached hydrogens (tertiary/aromatic N) is 2. The zero-order chi connectivity index (χ0) is 13.7. The van der Waals surface area contributed by atoms with Crippen LogP contribution in [-0.2, 0) is 6.54 Å². The third-order valence-electron chi connectivity index (χ3n) is 2.84. The minimum Gasteiger partial charge on any atom is -0.496 e. The van der Waals surface area contributed by atoms with Gasteiger partial charge in [-0.05, 0) is 31.2 Å². The lowest BCUT2D eigenvalue weighted by Gasteiger charge is -2.10. The summed E-state index contributed by atoms with van der Waals surface area (Å²) in [6.07, 6.45) is 1.78. The van der Waals surface area contributed by atoms with Gasteiger partial charge in [0, 0.05) is 23.0 Å². The molecule has 1 aromatic carbocycles. The van der Waals surface area contributed by atoms with Crippen LogP contribution in [0.25, 0.3) is 0 Å². The predicted octanol–water partition coefficient (Wildman–Crippen LogP) is 1.59. The minimum absolute atomic E-state index is 0.139. The number of hydrogen-bond donors (Lipinski definition) is 1. The summed E-state index contributed by atoms with van der Waals surface area (Å²) in [6.45, 7) is 2.51. The van der Waals surface area contributed by atoms with E-state index in [4.69, 9.17) is 9.84 Å². The summed E-state index contributed by atoms with van der Waals surface area (Å²) in [7, 11) is 1.65. The minimum atomic E-state index is -0.139. The van der Waals surface area contributed by atoms with Crippen molar-refractivity contribution in [1.82, 2.24) is 9.78 Å². The molecule has 0 saturated carbocycles. The summed E-state index contributed by atoms with van der Waals surface area (Å²) in [4.78, 5) is 0. The van der Waals surface area contributed by atoms with E-state index in [1.807, 2.05) is 35.9 Å². The second kappa shape index (κ2) is 6.07. The molecule has 2 rings (SSSR count). The maximum Gasteiger partial charge on any atom is 0.124 e. The monoisotopic (exact) mass is 256 g/mol. The van der Waals surface area contributed by atoms with Crippen molar-refractivity contribution in [3.05, 3.63) is 47.3 Å². The van der Waals surface area contributed by atoms with Gasteiger partial charge >= 0.3 is 0 Å². The van der Waals surface area contributed by atoms with Gasteiger partial charge in [-0.3, -0.25) is 4.68 Å².